The monoisotopic (exact) mass is 309 g/mol. The van der Waals surface area contributed by atoms with E-state index in [0.29, 0.717) is 6.42 Å². The van der Waals surface area contributed by atoms with Gasteiger partial charge in [0.2, 0.25) is 0 Å². The molecule has 1 aliphatic carbocycles. The van der Waals surface area contributed by atoms with E-state index in [-0.39, 0.29) is 12.1 Å². The molecule has 0 unspecified atom stereocenters. The summed E-state index contributed by atoms with van der Waals surface area (Å²) in [6, 6.07) is 9.94. The third-order valence-electron chi connectivity index (χ3n) is 5.11. The molecule has 0 spiro atoms. The van der Waals surface area contributed by atoms with Crippen LogP contribution in [0.15, 0.2) is 30.5 Å². The predicted octanol–water partition coefficient (Wildman–Crippen LogP) is 2.43. The Morgan fingerprint density at radius 2 is 2.22 bits per heavy atom. The van der Waals surface area contributed by atoms with Crippen molar-refractivity contribution >= 4 is 16.9 Å². The van der Waals surface area contributed by atoms with Gasteiger partial charge in [-0.15, -0.1) is 0 Å². The Bertz CT molecular complexity index is 791. The lowest BCUT2D eigenvalue weighted by Crippen LogP contribution is -2.66. The average Bonchev–Trinajstić information content (AvgIpc) is 2.99. The van der Waals surface area contributed by atoms with E-state index in [0.717, 1.165) is 42.1 Å². The molecule has 0 amide bonds. The van der Waals surface area contributed by atoms with Crippen LogP contribution in [0.4, 0.5) is 0 Å². The molecule has 1 aromatic carbocycles. The number of fused-ring (bicyclic) bond motifs is 2. The molecule has 2 N–H and O–H groups in total. The van der Waals surface area contributed by atoms with E-state index >= 15 is 0 Å². The number of aromatic amines is 1. The predicted molar refractivity (Wildman–Crippen MR) is 85.6 cm³/mol. The lowest BCUT2D eigenvalue weighted by atomic mass is 9.78. The summed E-state index contributed by atoms with van der Waals surface area (Å²) in [5.74, 6) is -0.243. The number of ether oxygens (including phenoxy) is 1. The first-order valence-corrected chi connectivity index (χ1v) is 8.16. The molecule has 2 aromatic rings. The number of nitriles is 1. The second kappa shape index (κ2) is 5.39. The molecule has 2 heterocycles. The van der Waals surface area contributed by atoms with Crippen molar-refractivity contribution in [1.29, 1.82) is 5.26 Å². The van der Waals surface area contributed by atoms with Crippen molar-refractivity contribution in [3.8, 4) is 6.07 Å². The molecule has 2 aliphatic rings. The number of benzene rings is 1. The van der Waals surface area contributed by atoms with Gasteiger partial charge in [0.25, 0.3) is 0 Å². The van der Waals surface area contributed by atoms with Gasteiger partial charge < -0.3 is 9.72 Å². The van der Waals surface area contributed by atoms with Crippen molar-refractivity contribution in [2.45, 2.75) is 49.8 Å². The fourth-order valence-corrected chi connectivity index (χ4v) is 3.87. The third-order valence-corrected chi connectivity index (χ3v) is 5.11. The van der Waals surface area contributed by atoms with E-state index < -0.39 is 11.6 Å². The fraction of sp³-hybridized carbons (Fsp3) is 0.444. The minimum absolute atomic E-state index is 0.243. The van der Waals surface area contributed by atoms with Gasteiger partial charge in [-0.3, -0.25) is 10.1 Å². The third kappa shape index (κ3) is 2.30. The maximum atomic E-state index is 12.4. The summed E-state index contributed by atoms with van der Waals surface area (Å²) >= 11 is 0. The molecule has 1 saturated carbocycles. The number of morpholine rings is 1. The van der Waals surface area contributed by atoms with Crippen molar-refractivity contribution in [3.63, 3.8) is 0 Å². The molecule has 5 nitrogen and oxygen atoms in total. The standard InChI is InChI=1S/C18H19N3O2/c19-11-18-8-4-3-7-16(18)23-17(22)15(21-18)9-12-10-20-14-6-2-1-5-13(12)14/h1-2,5-6,10,15-16,20-21H,3-4,7-9H2/t15-,16+,18-/m0/s1. The summed E-state index contributed by atoms with van der Waals surface area (Å²) in [7, 11) is 0. The van der Waals surface area contributed by atoms with Gasteiger partial charge in [-0.25, -0.2) is 0 Å². The Hall–Kier alpha value is -2.32. The highest BCUT2D eigenvalue weighted by Crippen LogP contribution is 2.34. The number of esters is 1. The fourth-order valence-electron chi connectivity index (χ4n) is 3.87. The molecule has 1 saturated heterocycles. The lowest BCUT2D eigenvalue weighted by Gasteiger charge is -2.45. The number of hydrogen-bond acceptors (Lipinski definition) is 4. The van der Waals surface area contributed by atoms with Crippen LogP contribution in [0.25, 0.3) is 10.9 Å². The summed E-state index contributed by atoms with van der Waals surface area (Å²) < 4.78 is 5.62. The highest BCUT2D eigenvalue weighted by atomic mass is 16.6. The summed E-state index contributed by atoms with van der Waals surface area (Å²) in [6.07, 6.45) is 5.67. The summed E-state index contributed by atoms with van der Waals surface area (Å²) in [6.45, 7) is 0. The van der Waals surface area contributed by atoms with Crippen LogP contribution < -0.4 is 5.32 Å². The van der Waals surface area contributed by atoms with Crippen molar-refractivity contribution in [1.82, 2.24) is 10.3 Å². The van der Waals surface area contributed by atoms with E-state index in [9.17, 15) is 10.1 Å². The van der Waals surface area contributed by atoms with Gasteiger partial charge in [-0.2, -0.15) is 5.26 Å². The Morgan fingerprint density at radius 1 is 1.35 bits per heavy atom. The zero-order chi connectivity index (χ0) is 15.9. The van der Waals surface area contributed by atoms with Gasteiger partial charge in [-0.05, 0) is 30.9 Å². The number of nitrogens with one attached hydrogen (secondary N) is 2. The summed E-state index contributed by atoms with van der Waals surface area (Å²) in [4.78, 5) is 15.6. The quantitative estimate of drug-likeness (QED) is 0.835. The topological polar surface area (TPSA) is 77.9 Å². The van der Waals surface area contributed by atoms with Crippen molar-refractivity contribution in [2.75, 3.05) is 0 Å². The van der Waals surface area contributed by atoms with Crippen LogP contribution in [0.3, 0.4) is 0 Å². The number of hydrogen-bond donors (Lipinski definition) is 2. The molecule has 23 heavy (non-hydrogen) atoms. The van der Waals surface area contributed by atoms with Crippen LogP contribution in [0.2, 0.25) is 0 Å². The van der Waals surface area contributed by atoms with Gasteiger partial charge in [0, 0.05) is 23.5 Å². The molecule has 1 aliphatic heterocycles. The zero-order valence-corrected chi connectivity index (χ0v) is 12.8. The first-order chi connectivity index (χ1) is 11.2. The number of carbonyl (C=O) groups is 1. The number of aromatic nitrogens is 1. The van der Waals surface area contributed by atoms with E-state index in [2.05, 4.69) is 16.4 Å². The van der Waals surface area contributed by atoms with E-state index in [1.807, 2.05) is 30.5 Å². The Kier molecular flexibility index (Phi) is 3.35. The molecule has 3 atom stereocenters. The average molecular weight is 309 g/mol. The highest BCUT2D eigenvalue weighted by Gasteiger charge is 2.50. The summed E-state index contributed by atoms with van der Waals surface area (Å²) in [5.41, 5.74) is 1.40. The zero-order valence-electron chi connectivity index (χ0n) is 12.8. The van der Waals surface area contributed by atoms with Gasteiger partial charge in [-0.1, -0.05) is 24.6 Å². The minimum Gasteiger partial charge on any atom is -0.458 e. The van der Waals surface area contributed by atoms with Crippen molar-refractivity contribution in [2.24, 2.45) is 0 Å². The molecule has 1 aromatic heterocycles. The molecular weight excluding hydrogens is 290 g/mol. The highest BCUT2D eigenvalue weighted by molar-refractivity contribution is 5.85. The number of H-pyrrole nitrogens is 1. The Balaban J connectivity index is 1.61. The molecule has 2 fully saturated rings. The molecule has 0 bridgehead atoms. The van der Waals surface area contributed by atoms with Crippen LogP contribution in [-0.2, 0) is 16.0 Å². The molecular formula is C18H19N3O2. The first kappa shape index (κ1) is 14.3. The molecule has 118 valence electrons. The Labute approximate surface area is 134 Å². The molecule has 5 heteroatoms. The van der Waals surface area contributed by atoms with Crippen LogP contribution in [0.1, 0.15) is 31.2 Å². The summed E-state index contributed by atoms with van der Waals surface area (Å²) in [5, 5.41) is 14.1. The number of nitrogens with zero attached hydrogens (tertiary/aromatic N) is 1. The van der Waals surface area contributed by atoms with E-state index in [4.69, 9.17) is 4.74 Å². The first-order valence-electron chi connectivity index (χ1n) is 8.16. The SMILES string of the molecule is N#C[C@@]12CCCC[C@H]1OC(=O)[C@H](Cc1c[nH]c3ccccc13)N2. The van der Waals surface area contributed by atoms with Crippen LogP contribution in [0.5, 0.6) is 0 Å². The van der Waals surface area contributed by atoms with E-state index in [1.54, 1.807) is 0 Å². The Morgan fingerprint density at radius 3 is 3.09 bits per heavy atom. The second-order valence-corrected chi connectivity index (χ2v) is 6.52. The van der Waals surface area contributed by atoms with Gasteiger partial charge in [0.15, 0.2) is 0 Å². The normalized spacial score (nSPS) is 30.5. The van der Waals surface area contributed by atoms with Gasteiger partial charge >= 0.3 is 5.97 Å². The second-order valence-electron chi connectivity index (χ2n) is 6.52. The van der Waals surface area contributed by atoms with Crippen LogP contribution in [0, 0.1) is 11.3 Å². The number of para-hydroxylation sites is 1. The number of rotatable bonds is 2. The lowest BCUT2D eigenvalue weighted by molar-refractivity contribution is -0.166. The largest absolute Gasteiger partial charge is 0.458 e. The molecule has 4 rings (SSSR count). The van der Waals surface area contributed by atoms with Crippen LogP contribution in [-0.4, -0.2) is 28.6 Å². The van der Waals surface area contributed by atoms with Crippen LogP contribution >= 0.6 is 0 Å². The van der Waals surface area contributed by atoms with Gasteiger partial charge in [0.05, 0.1) is 6.07 Å². The van der Waals surface area contributed by atoms with Crippen molar-refractivity contribution in [3.05, 3.63) is 36.0 Å². The molecule has 0 radical (unpaired) electrons. The van der Waals surface area contributed by atoms with Crippen molar-refractivity contribution < 1.29 is 9.53 Å². The van der Waals surface area contributed by atoms with Gasteiger partial charge in [0.1, 0.15) is 17.7 Å². The minimum atomic E-state index is -0.719. The maximum Gasteiger partial charge on any atom is 0.323 e. The number of carbonyl (C=O) groups excluding carboxylic acids is 1. The maximum absolute atomic E-state index is 12.4. The smallest absolute Gasteiger partial charge is 0.323 e. The van der Waals surface area contributed by atoms with E-state index in [1.165, 1.54) is 0 Å².